The number of para-hydroxylation sites is 1. The third-order valence-electron chi connectivity index (χ3n) is 3.50. The van der Waals surface area contributed by atoms with E-state index in [1.807, 2.05) is 36.9 Å². The van der Waals surface area contributed by atoms with Gasteiger partial charge in [-0.2, -0.15) is 0 Å². The van der Waals surface area contributed by atoms with Crippen LogP contribution in [0.15, 0.2) is 36.7 Å². The summed E-state index contributed by atoms with van der Waals surface area (Å²) < 4.78 is 7.45. The molecule has 6 nitrogen and oxygen atoms in total. The summed E-state index contributed by atoms with van der Waals surface area (Å²) in [6.45, 7) is 2.80. The second-order valence-corrected chi connectivity index (χ2v) is 5.08. The van der Waals surface area contributed by atoms with Crippen LogP contribution in [0.4, 0.5) is 0 Å². The minimum Gasteiger partial charge on any atom is -0.494 e. The predicted octanol–water partition coefficient (Wildman–Crippen LogP) is 2.08. The molecule has 2 rings (SSSR count). The van der Waals surface area contributed by atoms with Crippen molar-refractivity contribution >= 4 is 5.97 Å². The molecule has 1 aromatic heterocycles. The molecule has 0 unspecified atom stereocenters. The molecule has 0 bridgehead atoms. The Morgan fingerprint density at radius 3 is 2.77 bits per heavy atom. The van der Waals surface area contributed by atoms with Crippen LogP contribution in [-0.2, 0) is 18.4 Å². The zero-order valence-electron chi connectivity index (χ0n) is 13.1. The highest BCUT2D eigenvalue weighted by molar-refractivity contribution is 5.76. The highest BCUT2D eigenvalue weighted by Crippen LogP contribution is 2.29. The first kappa shape index (κ1) is 16.0. The summed E-state index contributed by atoms with van der Waals surface area (Å²) in [5.41, 5.74) is 0.647. The largest absolute Gasteiger partial charge is 0.494 e. The summed E-state index contributed by atoms with van der Waals surface area (Å²) in [5, 5.41) is 9.66. The molecular formula is C16H21N3O3. The van der Waals surface area contributed by atoms with Crippen molar-refractivity contribution in [1.82, 2.24) is 14.5 Å². The Morgan fingerprint density at radius 1 is 1.45 bits per heavy atom. The minimum atomic E-state index is -0.913. The number of carboxylic acid groups (broad SMARTS) is 1. The van der Waals surface area contributed by atoms with E-state index in [4.69, 9.17) is 4.74 Å². The molecule has 6 heteroatoms. The van der Waals surface area contributed by atoms with E-state index in [9.17, 15) is 9.90 Å². The van der Waals surface area contributed by atoms with Crippen LogP contribution in [0.2, 0.25) is 0 Å². The van der Waals surface area contributed by atoms with Gasteiger partial charge in [-0.25, -0.2) is 4.98 Å². The number of hydrogen-bond acceptors (Lipinski definition) is 4. The molecule has 1 atom stereocenters. The number of nitrogens with zero attached hydrogens (tertiary/aromatic N) is 3. The fourth-order valence-electron chi connectivity index (χ4n) is 2.42. The lowest BCUT2D eigenvalue weighted by molar-refractivity contribution is -0.143. The van der Waals surface area contributed by atoms with Crippen LogP contribution in [0.25, 0.3) is 0 Å². The van der Waals surface area contributed by atoms with Crippen molar-refractivity contribution < 1.29 is 14.6 Å². The second kappa shape index (κ2) is 7.09. The molecule has 0 saturated heterocycles. The van der Waals surface area contributed by atoms with Gasteiger partial charge in [-0.3, -0.25) is 9.69 Å². The van der Waals surface area contributed by atoms with E-state index in [2.05, 4.69) is 4.98 Å². The first-order valence-corrected chi connectivity index (χ1v) is 7.15. The predicted molar refractivity (Wildman–Crippen MR) is 82.7 cm³/mol. The molecule has 0 amide bonds. The van der Waals surface area contributed by atoms with Crippen molar-refractivity contribution in [3.63, 3.8) is 0 Å². The summed E-state index contributed by atoms with van der Waals surface area (Å²) in [7, 11) is 3.66. The van der Waals surface area contributed by atoms with E-state index in [0.717, 1.165) is 5.82 Å². The first-order valence-electron chi connectivity index (χ1n) is 7.15. The normalized spacial score (nSPS) is 12.4. The maximum Gasteiger partial charge on any atom is 0.325 e. The Hall–Kier alpha value is -2.34. The van der Waals surface area contributed by atoms with E-state index < -0.39 is 12.0 Å². The van der Waals surface area contributed by atoms with E-state index in [1.165, 1.54) is 0 Å². The molecule has 118 valence electrons. The van der Waals surface area contributed by atoms with Crippen LogP contribution in [0.3, 0.4) is 0 Å². The number of ether oxygens (including phenoxy) is 1. The van der Waals surface area contributed by atoms with Crippen molar-refractivity contribution in [2.75, 3.05) is 13.7 Å². The number of imidazole rings is 1. The van der Waals surface area contributed by atoms with Gasteiger partial charge in [0.2, 0.25) is 0 Å². The Balaban J connectivity index is 2.30. The van der Waals surface area contributed by atoms with Gasteiger partial charge in [0.1, 0.15) is 17.6 Å². The van der Waals surface area contributed by atoms with Gasteiger partial charge < -0.3 is 14.4 Å². The SMILES string of the molecule is CCOc1ccccc1[C@H](C(=O)O)N(C)Cc1nccn1C. The van der Waals surface area contributed by atoms with Crippen LogP contribution in [0.5, 0.6) is 5.75 Å². The molecule has 1 aromatic carbocycles. The zero-order valence-corrected chi connectivity index (χ0v) is 13.1. The van der Waals surface area contributed by atoms with Crippen LogP contribution in [-0.4, -0.2) is 39.2 Å². The molecule has 0 spiro atoms. The van der Waals surface area contributed by atoms with Crippen molar-refractivity contribution in [3.8, 4) is 5.75 Å². The molecule has 0 saturated carbocycles. The number of rotatable bonds is 7. The molecule has 1 heterocycles. The summed E-state index contributed by atoms with van der Waals surface area (Å²) in [6.07, 6.45) is 3.54. The summed E-state index contributed by atoms with van der Waals surface area (Å²) in [6, 6.07) is 6.45. The van der Waals surface area contributed by atoms with Gasteiger partial charge in [-0.1, -0.05) is 18.2 Å². The lowest BCUT2D eigenvalue weighted by Gasteiger charge is -2.26. The summed E-state index contributed by atoms with van der Waals surface area (Å²) >= 11 is 0. The van der Waals surface area contributed by atoms with Crippen LogP contribution < -0.4 is 4.74 Å². The lowest BCUT2D eigenvalue weighted by Crippen LogP contribution is -2.31. The highest BCUT2D eigenvalue weighted by atomic mass is 16.5. The Labute approximate surface area is 130 Å². The zero-order chi connectivity index (χ0) is 16.1. The third kappa shape index (κ3) is 3.46. The highest BCUT2D eigenvalue weighted by Gasteiger charge is 2.28. The number of aliphatic carboxylic acids is 1. The summed E-state index contributed by atoms with van der Waals surface area (Å²) in [5.74, 6) is 0.496. The molecule has 22 heavy (non-hydrogen) atoms. The number of aryl methyl sites for hydroxylation is 1. The van der Waals surface area contributed by atoms with Gasteiger partial charge >= 0.3 is 5.97 Å². The van der Waals surface area contributed by atoms with E-state index in [1.54, 1.807) is 30.3 Å². The maximum absolute atomic E-state index is 11.8. The standard InChI is InChI=1S/C16H21N3O3/c1-4-22-13-8-6-5-7-12(13)15(16(20)21)19(3)11-14-17-9-10-18(14)2/h5-10,15H,4,11H2,1-3H3,(H,20,21)/t15-/m1/s1. The van der Waals surface area contributed by atoms with E-state index in [0.29, 0.717) is 24.5 Å². The topological polar surface area (TPSA) is 67.6 Å². The van der Waals surface area contributed by atoms with Crippen molar-refractivity contribution in [3.05, 3.63) is 48.0 Å². The van der Waals surface area contributed by atoms with Gasteiger partial charge in [0.05, 0.1) is 13.2 Å². The van der Waals surface area contributed by atoms with Gasteiger partial charge in [0.25, 0.3) is 0 Å². The minimum absolute atomic E-state index is 0.431. The van der Waals surface area contributed by atoms with Crippen LogP contribution >= 0.6 is 0 Å². The van der Waals surface area contributed by atoms with Crippen LogP contribution in [0, 0.1) is 0 Å². The van der Waals surface area contributed by atoms with E-state index in [-0.39, 0.29) is 0 Å². The molecule has 1 N–H and O–H groups in total. The first-order chi connectivity index (χ1) is 10.5. The van der Waals surface area contributed by atoms with Gasteiger partial charge in [-0.05, 0) is 20.0 Å². The van der Waals surface area contributed by atoms with Crippen molar-refractivity contribution in [2.45, 2.75) is 19.5 Å². The Kier molecular flexibility index (Phi) is 5.16. The smallest absolute Gasteiger partial charge is 0.325 e. The third-order valence-corrected chi connectivity index (χ3v) is 3.50. The molecule has 2 aromatic rings. The van der Waals surface area contributed by atoms with Crippen LogP contribution in [0.1, 0.15) is 24.4 Å². The molecule has 0 aliphatic rings. The summed E-state index contributed by atoms with van der Waals surface area (Å²) in [4.78, 5) is 17.8. The van der Waals surface area contributed by atoms with E-state index >= 15 is 0 Å². The van der Waals surface area contributed by atoms with Crippen molar-refractivity contribution in [2.24, 2.45) is 7.05 Å². The quantitative estimate of drug-likeness (QED) is 0.848. The average Bonchev–Trinajstić information content (AvgIpc) is 2.86. The fourth-order valence-corrected chi connectivity index (χ4v) is 2.42. The Bertz CT molecular complexity index is 639. The number of aromatic nitrogens is 2. The fraction of sp³-hybridized carbons (Fsp3) is 0.375. The average molecular weight is 303 g/mol. The number of benzene rings is 1. The number of hydrogen-bond donors (Lipinski definition) is 1. The second-order valence-electron chi connectivity index (χ2n) is 5.08. The number of carbonyl (C=O) groups is 1. The Morgan fingerprint density at radius 2 is 2.18 bits per heavy atom. The van der Waals surface area contributed by atoms with Crippen molar-refractivity contribution in [1.29, 1.82) is 0 Å². The van der Waals surface area contributed by atoms with Gasteiger partial charge in [0, 0.05) is 25.0 Å². The molecule has 0 radical (unpaired) electrons. The maximum atomic E-state index is 11.8. The molecular weight excluding hydrogens is 282 g/mol. The lowest BCUT2D eigenvalue weighted by atomic mass is 10.0. The molecule has 0 aliphatic heterocycles. The van der Waals surface area contributed by atoms with Gasteiger partial charge in [-0.15, -0.1) is 0 Å². The number of likely N-dealkylation sites (N-methyl/N-ethyl adjacent to an activating group) is 1. The molecule has 0 fully saturated rings. The van der Waals surface area contributed by atoms with Gasteiger partial charge in [0.15, 0.2) is 0 Å². The monoisotopic (exact) mass is 303 g/mol. The number of carboxylic acids is 1. The molecule has 0 aliphatic carbocycles.